The molecule has 0 atom stereocenters. The lowest BCUT2D eigenvalue weighted by Crippen LogP contribution is -2.48. The molecule has 144 valence electrons. The second-order valence-electron chi connectivity index (χ2n) is 6.56. The van der Waals surface area contributed by atoms with Gasteiger partial charge in [0.1, 0.15) is 0 Å². The lowest BCUT2D eigenvalue weighted by atomic mass is 10.0. The maximum atomic E-state index is 8.86. The van der Waals surface area contributed by atoms with Gasteiger partial charge in [0.25, 0.3) is 0 Å². The van der Waals surface area contributed by atoms with Gasteiger partial charge in [-0.2, -0.15) is 16.6 Å². The number of nitrogens with zero attached hydrogens (tertiary/aromatic N) is 3. The number of likely N-dealkylation sites (tertiary alicyclic amines) is 1. The van der Waals surface area contributed by atoms with Gasteiger partial charge in [-0.25, -0.2) is 0 Å². The summed E-state index contributed by atoms with van der Waals surface area (Å²) in [4.78, 5) is 6.86. The van der Waals surface area contributed by atoms with Crippen LogP contribution in [0, 0.1) is 11.3 Å². The third-order valence-corrected chi connectivity index (χ3v) is 5.41. The molecule has 0 aliphatic carbocycles. The molecule has 0 unspecified atom stereocenters. The first-order valence-electron chi connectivity index (χ1n) is 8.96. The average Bonchev–Trinajstić information content (AvgIpc) is 3.20. The fourth-order valence-electron chi connectivity index (χ4n) is 3.15. The number of hydrogen-bond donors (Lipinski definition) is 2. The Morgan fingerprint density at radius 1 is 1.22 bits per heavy atom. The Morgan fingerprint density at radius 3 is 2.56 bits per heavy atom. The van der Waals surface area contributed by atoms with E-state index in [1.807, 2.05) is 24.3 Å². The molecule has 5 nitrogen and oxygen atoms in total. The van der Waals surface area contributed by atoms with E-state index in [-0.39, 0.29) is 24.0 Å². The Morgan fingerprint density at radius 2 is 1.96 bits per heavy atom. The normalized spacial score (nSPS) is 15.6. The monoisotopic (exact) mass is 495 g/mol. The first kappa shape index (κ1) is 21.7. The Labute approximate surface area is 182 Å². The fraction of sp³-hybridized carbons (Fsp3) is 0.400. The van der Waals surface area contributed by atoms with E-state index in [2.05, 4.69) is 43.4 Å². The van der Waals surface area contributed by atoms with Crippen molar-refractivity contribution < 1.29 is 0 Å². The number of hydrogen-bond acceptors (Lipinski definition) is 4. The van der Waals surface area contributed by atoms with Gasteiger partial charge in [0.2, 0.25) is 0 Å². The Hall–Kier alpha value is -1.63. The van der Waals surface area contributed by atoms with Crippen molar-refractivity contribution in [2.24, 2.45) is 4.99 Å². The van der Waals surface area contributed by atoms with Crippen LogP contribution in [0.2, 0.25) is 0 Å². The maximum Gasteiger partial charge on any atom is 0.191 e. The SMILES string of the molecule is CN=C(NCc1ccc(C#N)cc1)NC1CCN(Cc2ccsc2)CC1.I. The minimum absolute atomic E-state index is 0. The topological polar surface area (TPSA) is 63.5 Å². The predicted octanol–water partition coefficient (Wildman–Crippen LogP) is 3.57. The number of nitrogens with one attached hydrogen (secondary N) is 2. The number of thiophene rings is 1. The van der Waals surface area contributed by atoms with Crippen molar-refractivity contribution in [2.45, 2.75) is 32.0 Å². The van der Waals surface area contributed by atoms with Gasteiger partial charge in [0.15, 0.2) is 5.96 Å². The second kappa shape index (κ2) is 11.3. The minimum atomic E-state index is 0. The lowest BCUT2D eigenvalue weighted by molar-refractivity contribution is 0.198. The van der Waals surface area contributed by atoms with Gasteiger partial charge in [-0.1, -0.05) is 12.1 Å². The van der Waals surface area contributed by atoms with E-state index in [1.165, 1.54) is 5.56 Å². The van der Waals surface area contributed by atoms with Crippen LogP contribution in [0.25, 0.3) is 0 Å². The van der Waals surface area contributed by atoms with E-state index in [1.54, 1.807) is 18.4 Å². The molecule has 1 aromatic heterocycles. The van der Waals surface area contributed by atoms with Gasteiger partial charge in [-0.15, -0.1) is 24.0 Å². The molecule has 0 radical (unpaired) electrons. The third kappa shape index (κ3) is 6.79. The van der Waals surface area contributed by atoms with Crippen molar-refractivity contribution in [1.82, 2.24) is 15.5 Å². The van der Waals surface area contributed by atoms with E-state index in [0.717, 1.165) is 44.0 Å². The van der Waals surface area contributed by atoms with Crippen molar-refractivity contribution in [3.63, 3.8) is 0 Å². The number of rotatable bonds is 5. The van der Waals surface area contributed by atoms with Gasteiger partial charge in [0, 0.05) is 39.3 Å². The Balaban J connectivity index is 0.00000261. The van der Waals surface area contributed by atoms with Gasteiger partial charge in [-0.3, -0.25) is 9.89 Å². The van der Waals surface area contributed by atoms with Crippen molar-refractivity contribution in [2.75, 3.05) is 20.1 Å². The van der Waals surface area contributed by atoms with Gasteiger partial charge < -0.3 is 10.6 Å². The molecule has 2 N–H and O–H groups in total. The molecule has 2 aromatic rings. The molecule has 0 spiro atoms. The van der Waals surface area contributed by atoms with Crippen LogP contribution in [0.3, 0.4) is 0 Å². The first-order chi connectivity index (χ1) is 12.8. The quantitative estimate of drug-likeness (QED) is 0.378. The summed E-state index contributed by atoms with van der Waals surface area (Å²) in [6.07, 6.45) is 2.25. The van der Waals surface area contributed by atoms with Crippen molar-refractivity contribution in [3.05, 3.63) is 57.8 Å². The number of halogens is 1. The lowest BCUT2D eigenvalue weighted by Gasteiger charge is -2.33. The zero-order chi connectivity index (χ0) is 18.2. The number of nitriles is 1. The van der Waals surface area contributed by atoms with Gasteiger partial charge in [0.05, 0.1) is 11.6 Å². The standard InChI is InChI=1S/C20H25N5S.HI/c1-22-20(23-13-17-4-2-16(12-21)3-5-17)24-19-6-9-25(10-7-19)14-18-8-11-26-15-18;/h2-5,8,11,15,19H,6-7,9-10,13-14H2,1H3,(H2,22,23,24);1H. The summed E-state index contributed by atoms with van der Waals surface area (Å²) in [6.45, 7) is 3.98. The van der Waals surface area contributed by atoms with Gasteiger partial charge in [-0.05, 0) is 52.9 Å². The Bertz CT molecular complexity index is 744. The third-order valence-electron chi connectivity index (χ3n) is 4.68. The van der Waals surface area contributed by atoms with E-state index < -0.39 is 0 Å². The van der Waals surface area contributed by atoms with Crippen LogP contribution in [0.5, 0.6) is 0 Å². The summed E-state index contributed by atoms with van der Waals surface area (Å²) < 4.78 is 0. The number of piperidine rings is 1. The molecule has 0 bridgehead atoms. The molecule has 1 saturated heterocycles. The van der Waals surface area contributed by atoms with Crippen LogP contribution in [-0.4, -0.2) is 37.0 Å². The molecule has 1 fully saturated rings. The number of aliphatic imine (C=N–C) groups is 1. The van der Waals surface area contributed by atoms with Crippen LogP contribution in [0.1, 0.15) is 29.5 Å². The molecule has 0 amide bonds. The van der Waals surface area contributed by atoms with Crippen LogP contribution >= 0.6 is 35.3 Å². The molecule has 1 aromatic carbocycles. The van der Waals surface area contributed by atoms with E-state index >= 15 is 0 Å². The predicted molar refractivity (Wildman–Crippen MR) is 123 cm³/mol. The highest BCUT2D eigenvalue weighted by atomic mass is 127. The summed E-state index contributed by atoms with van der Waals surface area (Å²) >= 11 is 1.77. The van der Waals surface area contributed by atoms with Crippen molar-refractivity contribution in [1.29, 1.82) is 5.26 Å². The fourth-order valence-corrected chi connectivity index (χ4v) is 3.81. The summed E-state index contributed by atoms with van der Waals surface area (Å²) in [5, 5.41) is 20.1. The number of benzene rings is 1. The molecule has 7 heteroatoms. The molecule has 27 heavy (non-hydrogen) atoms. The van der Waals surface area contributed by atoms with E-state index in [4.69, 9.17) is 5.26 Å². The highest BCUT2D eigenvalue weighted by Crippen LogP contribution is 2.15. The molecule has 2 heterocycles. The highest BCUT2D eigenvalue weighted by molar-refractivity contribution is 14.0. The smallest absolute Gasteiger partial charge is 0.191 e. The van der Waals surface area contributed by atoms with Gasteiger partial charge >= 0.3 is 0 Å². The molecule has 1 aliphatic rings. The first-order valence-corrected chi connectivity index (χ1v) is 9.91. The molecular weight excluding hydrogens is 469 g/mol. The zero-order valence-electron chi connectivity index (χ0n) is 15.5. The van der Waals surface area contributed by atoms with Crippen LogP contribution in [0.4, 0.5) is 0 Å². The van der Waals surface area contributed by atoms with E-state index in [9.17, 15) is 0 Å². The van der Waals surface area contributed by atoms with Crippen LogP contribution in [0.15, 0.2) is 46.1 Å². The van der Waals surface area contributed by atoms with Crippen LogP contribution in [-0.2, 0) is 13.1 Å². The molecule has 3 rings (SSSR count). The highest BCUT2D eigenvalue weighted by Gasteiger charge is 2.20. The summed E-state index contributed by atoms with van der Waals surface area (Å²) in [7, 11) is 1.81. The van der Waals surface area contributed by atoms with Crippen LogP contribution < -0.4 is 10.6 Å². The zero-order valence-corrected chi connectivity index (χ0v) is 18.7. The number of guanidine groups is 1. The Kier molecular flexibility index (Phi) is 9.04. The average molecular weight is 495 g/mol. The summed E-state index contributed by atoms with van der Waals surface area (Å²) in [5.41, 5.74) is 3.24. The molecule has 0 saturated carbocycles. The van der Waals surface area contributed by atoms with E-state index in [0.29, 0.717) is 18.2 Å². The largest absolute Gasteiger partial charge is 0.354 e. The molecule has 1 aliphatic heterocycles. The minimum Gasteiger partial charge on any atom is -0.354 e. The van der Waals surface area contributed by atoms with Crippen molar-refractivity contribution >= 4 is 41.3 Å². The maximum absolute atomic E-state index is 8.86. The second-order valence-corrected chi connectivity index (χ2v) is 7.34. The summed E-state index contributed by atoms with van der Waals surface area (Å²) in [6, 6.07) is 12.4. The molecular formula is C20H26IN5S. The van der Waals surface area contributed by atoms with Crippen molar-refractivity contribution in [3.8, 4) is 6.07 Å². The summed E-state index contributed by atoms with van der Waals surface area (Å²) in [5.74, 6) is 0.839.